The number of piperidine rings is 1. The summed E-state index contributed by atoms with van der Waals surface area (Å²) in [4.78, 5) is 11.1. The summed E-state index contributed by atoms with van der Waals surface area (Å²) in [7, 11) is 0. The van der Waals surface area contributed by atoms with Gasteiger partial charge in [-0.25, -0.2) is 13.6 Å². The van der Waals surface area contributed by atoms with E-state index >= 15 is 0 Å². The maximum absolute atomic E-state index is 13.1. The molecule has 1 heterocycles. The first-order valence-electron chi connectivity index (χ1n) is 5.38. The molecule has 1 fully saturated rings. The van der Waals surface area contributed by atoms with Gasteiger partial charge in [0.25, 0.3) is 5.92 Å². The molecule has 1 N–H and O–H groups in total. The van der Waals surface area contributed by atoms with Crippen molar-refractivity contribution < 1.29 is 27.1 Å². The van der Waals surface area contributed by atoms with Gasteiger partial charge in [-0.2, -0.15) is 8.78 Å². The van der Waals surface area contributed by atoms with Crippen molar-refractivity contribution in [2.45, 2.75) is 44.1 Å². The lowest BCUT2D eigenvalue weighted by Gasteiger charge is -2.25. The van der Waals surface area contributed by atoms with E-state index < -0.39 is 30.3 Å². The van der Waals surface area contributed by atoms with E-state index in [0.29, 0.717) is 32.9 Å². The molecule has 1 aliphatic rings. The molecule has 0 amide bonds. The lowest BCUT2D eigenvalue weighted by Crippen LogP contribution is -2.41. The fourth-order valence-corrected chi connectivity index (χ4v) is 1.61. The normalized spacial score (nSPS) is 19.1. The van der Waals surface area contributed by atoms with E-state index in [9.17, 15) is 22.4 Å². The van der Waals surface area contributed by atoms with Crippen LogP contribution in [0.4, 0.5) is 17.6 Å². The maximum Gasteiger partial charge on any atom is 0.377 e. The van der Waals surface area contributed by atoms with Crippen molar-refractivity contribution in [2.24, 2.45) is 0 Å². The Morgan fingerprint density at radius 3 is 2.29 bits per heavy atom. The third-order valence-corrected chi connectivity index (χ3v) is 2.39. The first-order chi connectivity index (χ1) is 7.71. The Morgan fingerprint density at radius 1 is 1.29 bits per heavy atom. The summed E-state index contributed by atoms with van der Waals surface area (Å²) in [5.74, 6) is -9.59. The zero-order valence-electron chi connectivity index (χ0n) is 9.44. The van der Waals surface area contributed by atoms with Crippen molar-refractivity contribution in [1.82, 2.24) is 5.32 Å². The molecule has 0 aliphatic carbocycles. The molecule has 0 aromatic heterocycles. The Balaban J connectivity index is 2.49. The summed E-state index contributed by atoms with van der Waals surface area (Å²) in [5.41, 5.74) is 0. The Bertz CT molecular complexity index is 272. The number of carbonyl (C=O) groups is 1. The van der Waals surface area contributed by atoms with Crippen LogP contribution in [0.1, 0.15) is 26.2 Å². The first-order valence-corrected chi connectivity index (χ1v) is 5.38. The number of esters is 1. The van der Waals surface area contributed by atoms with Gasteiger partial charge in [-0.05, 0) is 32.9 Å². The molecule has 1 rings (SSSR count). The van der Waals surface area contributed by atoms with Crippen LogP contribution in [0.2, 0.25) is 0 Å². The van der Waals surface area contributed by atoms with Crippen molar-refractivity contribution in [3.63, 3.8) is 0 Å². The quantitative estimate of drug-likeness (QED) is 0.618. The summed E-state index contributed by atoms with van der Waals surface area (Å²) in [6, 6.07) is 0. The minimum absolute atomic E-state index is 0.346. The average Bonchev–Trinajstić information content (AvgIpc) is 2.15. The fourth-order valence-electron chi connectivity index (χ4n) is 1.61. The van der Waals surface area contributed by atoms with Crippen molar-refractivity contribution >= 4 is 5.97 Å². The van der Waals surface area contributed by atoms with Gasteiger partial charge >= 0.3 is 11.9 Å². The van der Waals surface area contributed by atoms with Gasteiger partial charge in [0.1, 0.15) is 6.10 Å². The topological polar surface area (TPSA) is 38.3 Å². The van der Waals surface area contributed by atoms with Gasteiger partial charge in [0.15, 0.2) is 0 Å². The van der Waals surface area contributed by atoms with E-state index in [1.165, 1.54) is 0 Å². The highest BCUT2D eigenvalue weighted by molar-refractivity contribution is 5.77. The van der Waals surface area contributed by atoms with Gasteiger partial charge in [-0.3, -0.25) is 0 Å². The third-order valence-electron chi connectivity index (χ3n) is 2.39. The van der Waals surface area contributed by atoms with Gasteiger partial charge in [-0.15, -0.1) is 0 Å². The van der Waals surface area contributed by atoms with E-state index in [1.807, 2.05) is 0 Å². The zero-order valence-corrected chi connectivity index (χ0v) is 9.44. The number of carbonyl (C=O) groups excluding carboxylic acids is 1. The van der Waals surface area contributed by atoms with Crippen LogP contribution in [-0.2, 0) is 9.53 Å². The van der Waals surface area contributed by atoms with Crippen LogP contribution in [0.5, 0.6) is 0 Å². The Labute approximate surface area is 96.5 Å². The van der Waals surface area contributed by atoms with Gasteiger partial charge in [0, 0.05) is 0 Å². The van der Waals surface area contributed by atoms with E-state index in [1.54, 1.807) is 0 Å². The second-order valence-electron chi connectivity index (χ2n) is 4.31. The third kappa shape index (κ3) is 4.89. The summed E-state index contributed by atoms with van der Waals surface area (Å²) in [6.45, 7) is 1.47. The van der Waals surface area contributed by atoms with Crippen molar-refractivity contribution in [1.29, 1.82) is 0 Å². The molecular formula is C10H15F4NO2. The van der Waals surface area contributed by atoms with Crippen LogP contribution in [0, 0.1) is 0 Å². The second-order valence-corrected chi connectivity index (χ2v) is 4.31. The molecule has 1 saturated heterocycles. The van der Waals surface area contributed by atoms with Gasteiger partial charge in [-0.1, -0.05) is 0 Å². The molecule has 0 radical (unpaired) electrons. The zero-order chi connectivity index (χ0) is 13.1. The summed E-state index contributed by atoms with van der Waals surface area (Å²) in [6.07, 6.45) is -1.58. The van der Waals surface area contributed by atoms with Gasteiger partial charge < -0.3 is 10.1 Å². The van der Waals surface area contributed by atoms with Crippen LogP contribution in [-0.4, -0.2) is 37.0 Å². The molecule has 0 atom stereocenters. The van der Waals surface area contributed by atoms with Crippen LogP contribution < -0.4 is 5.32 Å². The van der Waals surface area contributed by atoms with Gasteiger partial charge in [0.05, 0.1) is 6.42 Å². The second kappa shape index (κ2) is 5.20. The number of rotatable bonds is 4. The van der Waals surface area contributed by atoms with Crippen LogP contribution in [0.3, 0.4) is 0 Å². The lowest BCUT2D eigenvalue weighted by atomic mass is 10.1. The minimum atomic E-state index is -4.14. The molecule has 3 nitrogen and oxygen atoms in total. The minimum Gasteiger partial charge on any atom is -0.458 e. The summed E-state index contributed by atoms with van der Waals surface area (Å²) in [5, 5.41) is 2.97. The SMILES string of the molecule is CC(F)(F)CC(F)(F)C(=O)OC1CCNCC1. The first kappa shape index (κ1) is 14.2. The highest BCUT2D eigenvalue weighted by Gasteiger charge is 2.48. The van der Waals surface area contributed by atoms with Crippen LogP contribution in [0.15, 0.2) is 0 Å². The molecule has 0 spiro atoms. The molecule has 1 aliphatic heterocycles. The maximum atomic E-state index is 13.1. The fraction of sp³-hybridized carbons (Fsp3) is 0.900. The number of hydrogen-bond acceptors (Lipinski definition) is 3. The standard InChI is InChI=1S/C10H15F4NO2/c1-9(11,12)6-10(13,14)8(16)17-7-2-4-15-5-3-7/h7,15H,2-6H2,1H3. The predicted octanol–water partition coefficient (Wildman–Crippen LogP) is 1.96. The summed E-state index contributed by atoms with van der Waals surface area (Å²) < 4.78 is 55.7. The smallest absolute Gasteiger partial charge is 0.377 e. The highest BCUT2D eigenvalue weighted by atomic mass is 19.3. The van der Waals surface area contributed by atoms with Gasteiger partial charge in [0.2, 0.25) is 0 Å². The number of halogens is 4. The lowest BCUT2D eigenvalue weighted by molar-refractivity contribution is -0.189. The molecule has 0 unspecified atom stereocenters. The molecule has 100 valence electrons. The molecule has 0 saturated carbocycles. The Morgan fingerprint density at radius 2 is 1.82 bits per heavy atom. The highest BCUT2D eigenvalue weighted by Crippen LogP contribution is 2.31. The number of nitrogens with one attached hydrogen (secondary N) is 1. The Hall–Kier alpha value is -0.850. The van der Waals surface area contributed by atoms with Crippen molar-refractivity contribution in [3.8, 4) is 0 Å². The molecule has 0 bridgehead atoms. The Kier molecular flexibility index (Phi) is 4.35. The number of alkyl halides is 4. The molecule has 7 heteroatoms. The number of hydrogen-bond donors (Lipinski definition) is 1. The largest absolute Gasteiger partial charge is 0.458 e. The van der Waals surface area contributed by atoms with E-state index in [0.717, 1.165) is 0 Å². The van der Waals surface area contributed by atoms with Crippen LogP contribution in [0.25, 0.3) is 0 Å². The predicted molar refractivity (Wildman–Crippen MR) is 52.2 cm³/mol. The summed E-state index contributed by atoms with van der Waals surface area (Å²) >= 11 is 0. The van der Waals surface area contributed by atoms with E-state index in [2.05, 4.69) is 10.1 Å². The van der Waals surface area contributed by atoms with Crippen molar-refractivity contribution in [3.05, 3.63) is 0 Å². The van der Waals surface area contributed by atoms with Crippen LogP contribution >= 0.6 is 0 Å². The monoisotopic (exact) mass is 257 g/mol. The average molecular weight is 257 g/mol. The number of ether oxygens (including phenoxy) is 1. The van der Waals surface area contributed by atoms with E-state index in [-0.39, 0.29) is 0 Å². The van der Waals surface area contributed by atoms with Crippen molar-refractivity contribution in [2.75, 3.05) is 13.1 Å². The van der Waals surface area contributed by atoms with E-state index in [4.69, 9.17) is 0 Å². The molecule has 17 heavy (non-hydrogen) atoms. The molecular weight excluding hydrogens is 242 g/mol. The molecule has 0 aromatic carbocycles. The molecule has 0 aromatic rings.